The van der Waals surface area contributed by atoms with Crippen molar-refractivity contribution in [3.8, 4) is 9.88 Å². The van der Waals surface area contributed by atoms with E-state index in [4.69, 9.17) is 0 Å². The first kappa shape index (κ1) is 15.5. The molecule has 2 N–H and O–H groups in total. The van der Waals surface area contributed by atoms with Crippen LogP contribution < -0.4 is 5.32 Å². The third kappa shape index (κ3) is 4.05. The van der Waals surface area contributed by atoms with E-state index in [1.807, 2.05) is 23.8 Å². The Bertz CT molecular complexity index is 564. The molecule has 1 amide bonds. The van der Waals surface area contributed by atoms with Crippen LogP contribution in [0.15, 0.2) is 22.9 Å². The van der Waals surface area contributed by atoms with Gasteiger partial charge in [-0.15, -0.1) is 22.7 Å². The first-order valence-electron chi connectivity index (χ1n) is 6.01. The number of aliphatic hydroxyl groups is 1. The number of thiophene rings is 1. The summed E-state index contributed by atoms with van der Waals surface area (Å²) in [6, 6.07) is 3.94. The molecule has 7 heteroatoms. The Labute approximate surface area is 130 Å². The summed E-state index contributed by atoms with van der Waals surface area (Å²) < 4.78 is 0. The van der Waals surface area contributed by atoms with Crippen molar-refractivity contribution < 1.29 is 9.90 Å². The number of amides is 1. The van der Waals surface area contributed by atoms with Crippen molar-refractivity contribution in [2.45, 2.75) is 12.5 Å². The van der Waals surface area contributed by atoms with Crippen molar-refractivity contribution in [1.29, 1.82) is 0 Å². The highest BCUT2D eigenvalue weighted by molar-refractivity contribution is 7.98. The molecule has 0 saturated heterocycles. The van der Waals surface area contributed by atoms with E-state index in [-0.39, 0.29) is 12.5 Å². The Morgan fingerprint density at radius 2 is 2.35 bits per heavy atom. The predicted octanol–water partition coefficient (Wildman–Crippen LogP) is 2.72. The zero-order valence-corrected chi connectivity index (χ0v) is 13.7. The number of hydrogen-bond donors (Lipinski definition) is 2. The van der Waals surface area contributed by atoms with Crippen LogP contribution in [0.2, 0.25) is 0 Å². The maximum atomic E-state index is 12.0. The third-order valence-corrected chi connectivity index (χ3v) is 5.35. The summed E-state index contributed by atoms with van der Waals surface area (Å²) >= 11 is 4.59. The summed E-state index contributed by atoms with van der Waals surface area (Å²) in [4.78, 5) is 17.4. The molecule has 0 saturated carbocycles. The molecule has 2 aromatic heterocycles. The van der Waals surface area contributed by atoms with Crippen molar-refractivity contribution in [3.05, 3.63) is 28.6 Å². The molecular weight excluding hydrogens is 312 g/mol. The first-order valence-corrected chi connectivity index (χ1v) is 9.16. The molecule has 0 bridgehead atoms. The SMILES string of the molecule is CSCC(C)(O)CNC(=O)c1csc(-c2cccs2)n1. The minimum Gasteiger partial charge on any atom is -0.387 e. The molecule has 4 nitrogen and oxygen atoms in total. The fraction of sp³-hybridized carbons (Fsp3) is 0.385. The highest BCUT2D eigenvalue weighted by atomic mass is 32.2. The van der Waals surface area contributed by atoms with Crippen molar-refractivity contribution in [3.63, 3.8) is 0 Å². The van der Waals surface area contributed by atoms with Gasteiger partial charge in [-0.1, -0.05) is 6.07 Å². The number of nitrogens with one attached hydrogen (secondary N) is 1. The fourth-order valence-corrected chi connectivity index (χ4v) is 3.95. The van der Waals surface area contributed by atoms with Gasteiger partial charge < -0.3 is 10.4 Å². The molecule has 0 aliphatic heterocycles. The second-order valence-corrected chi connectivity index (χ2v) is 7.30. The van der Waals surface area contributed by atoms with Crippen molar-refractivity contribution in [1.82, 2.24) is 10.3 Å². The van der Waals surface area contributed by atoms with E-state index < -0.39 is 5.60 Å². The largest absolute Gasteiger partial charge is 0.387 e. The third-order valence-electron chi connectivity index (χ3n) is 2.55. The molecule has 2 heterocycles. The molecule has 0 aromatic carbocycles. The van der Waals surface area contributed by atoms with Gasteiger partial charge in [-0.2, -0.15) is 11.8 Å². The topological polar surface area (TPSA) is 62.2 Å². The standard InChI is InChI=1S/C13H16N2O2S3/c1-13(17,8-18-2)7-14-11(16)9-6-20-12(15-9)10-4-3-5-19-10/h3-6,17H,7-8H2,1-2H3,(H,14,16). The van der Waals surface area contributed by atoms with Crippen LogP contribution >= 0.6 is 34.4 Å². The molecule has 20 heavy (non-hydrogen) atoms. The number of hydrogen-bond acceptors (Lipinski definition) is 6. The first-order chi connectivity index (χ1) is 9.52. The molecule has 0 aliphatic rings. The summed E-state index contributed by atoms with van der Waals surface area (Å²) in [6.07, 6.45) is 1.92. The minimum atomic E-state index is -0.901. The number of rotatable bonds is 6. The van der Waals surface area contributed by atoms with E-state index in [9.17, 15) is 9.90 Å². The van der Waals surface area contributed by atoms with Crippen molar-refractivity contribution in [2.24, 2.45) is 0 Å². The van der Waals surface area contributed by atoms with Crippen LogP contribution in [0.4, 0.5) is 0 Å². The molecular formula is C13H16N2O2S3. The maximum Gasteiger partial charge on any atom is 0.270 e. The molecule has 1 unspecified atom stereocenters. The number of thiazole rings is 1. The van der Waals surface area contributed by atoms with Gasteiger partial charge in [0.2, 0.25) is 0 Å². The highest BCUT2D eigenvalue weighted by Crippen LogP contribution is 2.27. The minimum absolute atomic E-state index is 0.221. The van der Waals surface area contributed by atoms with Crippen LogP contribution in [0.3, 0.4) is 0 Å². The van der Waals surface area contributed by atoms with Gasteiger partial charge >= 0.3 is 0 Å². The number of nitrogens with zero attached hydrogens (tertiary/aromatic N) is 1. The molecule has 1 atom stereocenters. The van der Waals surface area contributed by atoms with Crippen LogP contribution in [0, 0.1) is 0 Å². The lowest BCUT2D eigenvalue weighted by Crippen LogP contribution is -2.42. The van der Waals surface area contributed by atoms with Crippen LogP contribution in [-0.4, -0.2) is 40.2 Å². The lowest BCUT2D eigenvalue weighted by atomic mass is 10.1. The van der Waals surface area contributed by atoms with Crippen LogP contribution in [0.1, 0.15) is 17.4 Å². The monoisotopic (exact) mass is 328 g/mol. The normalized spacial score (nSPS) is 13.9. The molecule has 2 rings (SSSR count). The summed E-state index contributed by atoms with van der Waals surface area (Å²) in [7, 11) is 0. The molecule has 108 valence electrons. The average Bonchev–Trinajstić information content (AvgIpc) is 3.06. The average molecular weight is 328 g/mol. The van der Waals surface area contributed by atoms with Crippen LogP contribution in [0.5, 0.6) is 0 Å². The molecule has 0 spiro atoms. The van der Waals surface area contributed by atoms with Gasteiger partial charge in [0.25, 0.3) is 5.91 Å². The smallest absolute Gasteiger partial charge is 0.270 e. The second-order valence-electron chi connectivity index (χ2n) is 4.63. The lowest BCUT2D eigenvalue weighted by molar-refractivity contribution is 0.0723. The zero-order chi connectivity index (χ0) is 14.6. The van der Waals surface area contributed by atoms with Gasteiger partial charge in [0.1, 0.15) is 10.7 Å². The van der Waals surface area contributed by atoms with Crippen LogP contribution in [0.25, 0.3) is 9.88 Å². The summed E-state index contributed by atoms with van der Waals surface area (Å²) in [5.74, 6) is 0.329. The zero-order valence-electron chi connectivity index (χ0n) is 11.3. The predicted molar refractivity (Wildman–Crippen MR) is 86.8 cm³/mol. The number of carbonyl (C=O) groups excluding carboxylic acids is 1. The number of aromatic nitrogens is 1. The van der Waals surface area contributed by atoms with Gasteiger partial charge in [-0.3, -0.25) is 4.79 Å². The number of carbonyl (C=O) groups is 1. The summed E-state index contributed by atoms with van der Waals surface area (Å²) in [6.45, 7) is 1.93. The Morgan fingerprint density at radius 3 is 3.00 bits per heavy atom. The second kappa shape index (κ2) is 6.71. The Kier molecular flexibility index (Phi) is 5.20. The molecule has 0 aliphatic carbocycles. The molecule has 0 radical (unpaired) electrons. The number of thioether (sulfide) groups is 1. The van der Waals surface area contributed by atoms with Gasteiger partial charge in [0.05, 0.1) is 10.5 Å². The summed E-state index contributed by atoms with van der Waals surface area (Å²) in [5, 5.41) is 17.3. The summed E-state index contributed by atoms with van der Waals surface area (Å²) in [5.41, 5.74) is -0.500. The van der Waals surface area contributed by atoms with E-state index in [2.05, 4.69) is 10.3 Å². The maximum absolute atomic E-state index is 12.0. The van der Waals surface area contributed by atoms with Gasteiger partial charge in [0.15, 0.2) is 0 Å². The lowest BCUT2D eigenvalue weighted by Gasteiger charge is -2.22. The Balaban J connectivity index is 1.97. The Morgan fingerprint density at radius 1 is 1.55 bits per heavy atom. The van der Waals surface area contributed by atoms with Gasteiger partial charge in [-0.05, 0) is 24.6 Å². The fourth-order valence-electron chi connectivity index (χ4n) is 1.61. The van der Waals surface area contributed by atoms with Gasteiger partial charge in [-0.25, -0.2) is 4.98 Å². The van der Waals surface area contributed by atoms with E-state index in [0.717, 1.165) is 9.88 Å². The van der Waals surface area contributed by atoms with Gasteiger partial charge in [0, 0.05) is 17.7 Å². The van der Waals surface area contributed by atoms with E-state index >= 15 is 0 Å². The van der Waals surface area contributed by atoms with Crippen LogP contribution in [-0.2, 0) is 0 Å². The molecule has 2 aromatic rings. The quantitative estimate of drug-likeness (QED) is 0.856. The van der Waals surface area contributed by atoms with E-state index in [1.165, 1.54) is 11.3 Å². The van der Waals surface area contributed by atoms with Crippen molar-refractivity contribution >= 4 is 40.3 Å². The van der Waals surface area contributed by atoms with E-state index in [0.29, 0.717) is 11.4 Å². The Hall–Kier alpha value is -0.890. The van der Waals surface area contributed by atoms with Crippen molar-refractivity contribution in [2.75, 3.05) is 18.6 Å². The molecule has 0 fully saturated rings. The van der Waals surface area contributed by atoms with E-state index in [1.54, 1.807) is 35.4 Å². The highest BCUT2D eigenvalue weighted by Gasteiger charge is 2.21.